The van der Waals surface area contributed by atoms with Gasteiger partial charge in [0.2, 0.25) is 0 Å². The minimum absolute atomic E-state index is 0.0433. The van der Waals surface area contributed by atoms with Crippen LogP contribution >= 0.6 is 0 Å². The minimum atomic E-state index is -0.860. The highest BCUT2D eigenvalue weighted by Gasteiger charge is 2.28. The van der Waals surface area contributed by atoms with Gasteiger partial charge in [0.25, 0.3) is 0 Å². The normalized spacial score (nSPS) is 19.4. The lowest BCUT2D eigenvalue weighted by molar-refractivity contribution is 0.0706. The van der Waals surface area contributed by atoms with Crippen LogP contribution in [-0.4, -0.2) is 80.6 Å². The summed E-state index contributed by atoms with van der Waals surface area (Å²) in [6, 6.07) is 12.1. The van der Waals surface area contributed by atoms with Gasteiger partial charge >= 0.3 is 6.09 Å². The molecule has 2 aliphatic heterocycles. The maximum Gasteiger partial charge on any atom is 0.407 e. The van der Waals surface area contributed by atoms with E-state index in [4.69, 9.17) is 9.84 Å². The molecule has 2 fully saturated rings. The molecule has 0 bridgehead atoms. The van der Waals surface area contributed by atoms with Gasteiger partial charge in [-0.2, -0.15) is 5.10 Å². The zero-order valence-electron chi connectivity index (χ0n) is 20.3. The summed E-state index contributed by atoms with van der Waals surface area (Å²) in [7, 11) is 0. The van der Waals surface area contributed by atoms with E-state index in [1.165, 1.54) is 17.0 Å². The van der Waals surface area contributed by atoms with Crippen molar-refractivity contribution in [1.29, 1.82) is 0 Å². The monoisotopic (exact) mass is 494 g/mol. The van der Waals surface area contributed by atoms with Crippen molar-refractivity contribution < 1.29 is 19.0 Å². The number of anilines is 1. The van der Waals surface area contributed by atoms with Gasteiger partial charge in [0.05, 0.1) is 5.69 Å². The van der Waals surface area contributed by atoms with Crippen molar-refractivity contribution in [3.8, 4) is 11.4 Å². The van der Waals surface area contributed by atoms with Gasteiger partial charge in [-0.3, -0.25) is 4.90 Å². The molecule has 0 aliphatic carbocycles. The van der Waals surface area contributed by atoms with E-state index >= 15 is 0 Å². The van der Waals surface area contributed by atoms with Gasteiger partial charge in [0.1, 0.15) is 23.4 Å². The molecule has 1 atom stereocenters. The maximum absolute atomic E-state index is 13.2. The Morgan fingerprint density at radius 3 is 2.61 bits per heavy atom. The Labute approximate surface area is 209 Å². The zero-order valence-corrected chi connectivity index (χ0v) is 20.3. The lowest BCUT2D eigenvalue weighted by Crippen LogP contribution is -2.53. The standard InChI is InChI=1S/C26H31FN6O3/c1-19-17-30(15-16-32(19)26(34)35)18-21-8-14-33(29-21)24-3-2-11-28-25(24)31-12-9-23(10-13-31)36-22-6-4-20(27)5-7-22/h2-8,11,14,19,23H,9-10,12-13,15-18H2,1H3,(H,34,35)/t19-/m0/s1. The molecule has 10 heteroatoms. The molecule has 9 nitrogen and oxygen atoms in total. The number of piperidine rings is 1. The summed E-state index contributed by atoms with van der Waals surface area (Å²) in [5.74, 6) is 1.31. The highest BCUT2D eigenvalue weighted by molar-refractivity contribution is 5.65. The third-order valence-electron chi connectivity index (χ3n) is 6.86. The van der Waals surface area contributed by atoms with Crippen LogP contribution in [0.25, 0.3) is 5.69 Å². The Morgan fingerprint density at radius 2 is 1.89 bits per heavy atom. The molecule has 4 heterocycles. The molecular weight excluding hydrogens is 463 g/mol. The highest BCUT2D eigenvalue weighted by atomic mass is 19.1. The summed E-state index contributed by atoms with van der Waals surface area (Å²) in [6.45, 7) is 6.10. The Hall–Kier alpha value is -3.66. The van der Waals surface area contributed by atoms with E-state index in [1.54, 1.807) is 18.3 Å². The van der Waals surface area contributed by atoms with E-state index < -0.39 is 6.09 Å². The van der Waals surface area contributed by atoms with Crippen LogP contribution in [-0.2, 0) is 6.54 Å². The van der Waals surface area contributed by atoms with Crippen LogP contribution in [0.2, 0.25) is 0 Å². The van der Waals surface area contributed by atoms with E-state index in [-0.39, 0.29) is 18.0 Å². The quantitative estimate of drug-likeness (QED) is 0.560. The van der Waals surface area contributed by atoms with Crippen molar-refractivity contribution in [2.45, 2.75) is 38.5 Å². The lowest BCUT2D eigenvalue weighted by Gasteiger charge is -2.37. The SMILES string of the molecule is C[C@H]1CN(Cc2ccn(-c3cccnc3N3CCC(Oc4ccc(F)cc4)CC3)n2)CCN1C(=O)O. The van der Waals surface area contributed by atoms with Gasteiger partial charge in [-0.1, -0.05) is 0 Å². The molecule has 2 aliphatic rings. The van der Waals surface area contributed by atoms with Crippen LogP contribution in [0.3, 0.4) is 0 Å². The number of hydrogen-bond donors (Lipinski definition) is 1. The Bertz CT molecular complexity index is 1180. The first-order valence-electron chi connectivity index (χ1n) is 12.4. The number of pyridine rings is 1. The van der Waals surface area contributed by atoms with Crippen LogP contribution in [0.1, 0.15) is 25.5 Å². The fraction of sp³-hybridized carbons (Fsp3) is 0.423. The number of carboxylic acid groups (broad SMARTS) is 1. The summed E-state index contributed by atoms with van der Waals surface area (Å²) in [5, 5.41) is 14.1. The number of hydrogen-bond acceptors (Lipinski definition) is 6. The van der Waals surface area contributed by atoms with Crippen LogP contribution in [0.5, 0.6) is 5.75 Å². The Morgan fingerprint density at radius 1 is 1.11 bits per heavy atom. The van der Waals surface area contributed by atoms with Crippen LogP contribution in [0.4, 0.5) is 15.0 Å². The highest BCUT2D eigenvalue weighted by Crippen LogP contribution is 2.27. The Kier molecular flexibility index (Phi) is 7.04. The number of piperazine rings is 1. The van der Waals surface area contributed by atoms with Gasteiger partial charge in [-0.05, 0) is 49.4 Å². The van der Waals surface area contributed by atoms with E-state index in [0.29, 0.717) is 31.9 Å². The van der Waals surface area contributed by atoms with Crippen molar-refractivity contribution in [2.24, 2.45) is 0 Å². The molecule has 1 N–H and O–H groups in total. The molecule has 2 saturated heterocycles. The number of rotatable bonds is 6. The maximum atomic E-state index is 13.2. The molecule has 3 aromatic rings. The largest absolute Gasteiger partial charge is 0.490 e. The van der Waals surface area contributed by atoms with Gasteiger partial charge in [0, 0.05) is 70.5 Å². The van der Waals surface area contributed by atoms with E-state index in [9.17, 15) is 14.3 Å². The number of benzene rings is 1. The molecule has 36 heavy (non-hydrogen) atoms. The first kappa shape index (κ1) is 24.1. The third kappa shape index (κ3) is 5.43. The molecule has 0 radical (unpaired) electrons. The second-order valence-electron chi connectivity index (χ2n) is 9.42. The van der Waals surface area contributed by atoms with E-state index in [1.807, 2.05) is 36.0 Å². The average molecular weight is 495 g/mol. The molecule has 190 valence electrons. The molecule has 0 spiro atoms. The molecular formula is C26H31FN6O3. The van der Waals surface area contributed by atoms with Crippen molar-refractivity contribution >= 4 is 11.9 Å². The Balaban J connectivity index is 1.21. The van der Waals surface area contributed by atoms with Gasteiger partial charge in [-0.25, -0.2) is 18.9 Å². The molecule has 2 aromatic heterocycles. The van der Waals surface area contributed by atoms with E-state index in [2.05, 4.69) is 14.8 Å². The molecule has 5 rings (SSSR count). The number of aromatic nitrogens is 3. The number of nitrogens with zero attached hydrogens (tertiary/aromatic N) is 6. The van der Waals surface area contributed by atoms with Crippen LogP contribution in [0.15, 0.2) is 54.9 Å². The van der Waals surface area contributed by atoms with E-state index in [0.717, 1.165) is 43.1 Å². The summed E-state index contributed by atoms with van der Waals surface area (Å²) in [4.78, 5) is 22.0. The predicted octanol–water partition coefficient (Wildman–Crippen LogP) is 3.64. The average Bonchev–Trinajstić information content (AvgIpc) is 3.34. The van der Waals surface area contributed by atoms with Crippen molar-refractivity contribution in [2.75, 3.05) is 37.6 Å². The first-order valence-corrected chi connectivity index (χ1v) is 12.4. The fourth-order valence-corrected chi connectivity index (χ4v) is 4.97. The third-order valence-corrected chi connectivity index (χ3v) is 6.86. The van der Waals surface area contributed by atoms with Crippen molar-refractivity contribution in [3.05, 3.63) is 66.4 Å². The summed E-state index contributed by atoms with van der Waals surface area (Å²) in [5.41, 5.74) is 1.86. The predicted molar refractivity (Wildman–Crippen MR) is 133 cm³/mol. The summed E-state index contributed by atoms with van der Waals surface area (Å²) >= 11 is 0. The molecule has 0 unspecified atom stereocenters. The summed E-state index contributed by atoms with van der Waals surface area (Å²) < 4.78 is 21.1. The zero-order chi connectivity index (χ0) is 25.1. The fourth-order valence-electron chi connectivity index (χ4n) is 4.97. The number of carbonyl (C=O) groups is 1. The summed E-state index contributed by atoms with van der Waals surface area (Å²) in [6.07, 6.45) is 4.67. The smallest absolute Gasteiger partial charge is 0.407 e. The van der Waals surface area contributed by atoms with Crippen LogP contribution < -0.4 is 9.64 Å². The number of halogens is 1. The van der Waals surface area contributed by atoms with Crippen LogP contribution in [0, 0.1) is 5.82 Å². The van der Waals surface area contributed by atoms with Gasteiger partial charge in [0.15, 0.2) is 5.82 Å². The van der Waals surface area contributed by atoms with Crippen molar-refractivity contribution in [3.63, 3.8) is 0 Å². The second-order valence-corrected chi connectivity index (χ2v) is 9.42. The molecule has 1 aromatic carbocycles. The minimum Gasteiger partial charge on any atom is -0.490 e. The van der Waals surface area contributed by atoms with Gasteiger partial charge in [-0.15, -0.1) is 0 Å². The molecule has 0 saturated carbocycles. The topological polar surface area (TPSA) is 87.0 Å². The second kappa shape index (κ2) is 10.5. The lowest BCUT2D eigenvalue weighted by atomic mass is 10.1. The van der Waals surface area contributed by atoms with Crippen molar-refractivity contribution in [1.82, 2.24) is 24.6 Å². The van der Waals surface area contributed by atoms with Gasteiger partial charge < -0.3 is 19.6 Å². The number of amides is 1. The number of ether oxygens (including phenoxy) is 1. The first-order chi connectivity index (χ1) is 17.5. The molecule has 1 amide bonds.